The Morgan fingerprint density at radius 2 is 2.00 bits per heavy atom. The fourth-order valence-electron chi connectivity index (χ4n) is 2.53. The second kappa shape index (κ2) is 7.40. The molecule has 0 aliphatic carbocycles. The van der Waals surface area contributed by atoms with Crippen molar-refractivity contribution in [2.24, 2.45) is 5.10 Å². The summed E-state index contributed by atoms with van der Waals surface area (Å²) in [5.74, 6) is -0.161. The van der Waals surface area contributed by atoms with Crippen molar-refractivity contribution in [1.82, 2.24) is 5.43 Å². The van der Waals surface area contributed by atoms with Gasteiger partial charge in [0.15, 0.2) is 0 Å². The van der Waals surface area contributed by atoms with Gasteiger partial charge in [0.05, 0.1) is 6.21 Å². The molecule has 0 unspecified atom stereocenters. The molecule has 0 atom stereocenters. The van der Waals surface area contributed by atoms with Gasteiger partial charge in [0, 0.05) is 28.7 Å². The van der Waals surface area contributed by atoms with Crippen LogP contribution >= 0.6 is 15.9 Å². The van der Waals surface area contributed by atoms with Gasteiger partial charge in [-0.2, -0.15) is 5.10 Å². The number of amides is 2. The van der Waals surface area contributed by atoms with Gasteiger partial charge in [-0.05, 0) is 48.4 Å². The van der Waals surface area contributed by atoms with Crippen molar-refractivity contribution in [2.75, 3.05) is 11.4 Å². The highest BCUT2D eigenvalue weighted by Crippen LogP contribution is 2.21. The zero-order valence-electron chi connectivity index (χ0n) is 12.9. The number of halogens is 1. The molecule has 1 N–H and O–H groups in total. The number of anilines is 1. The zero-order valence-corrected chi connectivity index (χ0v) is 14.5. The van der Waals surface area contributed by atoms with E-state index in [4.69, 9.17) is 0 Å². The minimum atomic E-state index is -0.291. The molecule has 5 nitrogen and oxygen atoms in total. The first-order valence-corrected chi connectivity index (χ1v) is 8.42. The quantitative estimate of drug-likeness (QED) is 0.647. The second-order valence-electron chi connectivity index (χ2n) is 5.45. The summed E-state index contributed by atoms with van der Waals surface area (Å²) in [7, 11) is 0. The Labute approximate surface area is 148 Å². The van der Waals surface area contributed by atoms with Crippen molar-refractivity contribution in [3.8, 4) is 0 Å². The van der Waals surface area contributed by atoms with E-state index in [1.54, 1.807) is 35.4 Å². The monoisotopic (exact) mass is 385 g/mol. The second-order valence-corrected chi connectivity index (χ2v) is 6.37. The Kier molecular flexibility index (Phi) is 5.05. The lowest BCUT2D eigenvalue weighted by Gasteiger charge is -2.15. The smallest absolute Gasteiger partial charge is 0.271 e. The van der Waals surface area contributed by atoms with Gasteiger partial charge in [0.1, 0.15) is 0 Å². The van der Waals surface area contributed by atoms with E-state index >= 15 is 0 Å². The van der Waals surface area contributed by atoms with E-state index in [9.17, 15) is 9.59 Å². The van der Waals surface area contributed by atoms with Gasteiger partial charge in [0.2, 0.25) is 5.91 Å². The van der Waals surface area contributed by atoms with Crippen LogP contribution in [0.5, 0.6) is 0 Å². The SMILES string of the molecule is O=C(NN=Cc1cccc(Br)c1)c1ccc(N2CCCC2=O)cc1. The first-order chi connectivity index (χ1) is 11.6. The summed E-state index contributed by atoms with van der Waals surface area (Å²) in [5, 5.41) is 3.96. The van der Waals surface area contributed by atoms with Crippen molar-refractivity contribution in [3.63, 3.8) is 0 Å². The van der Waals surface area contributed by atoms with E-state index in [0.29, 0.717) is 12.0 Å². The standard InChI is InChI=1S/C18H16BrN3O2/c19-15-4-1-3-13(11-15)12-20-21-18(24)14-6-8-16(9-7-14)22-10-2-5-17(22)23/h1,3-4,6-9,11-12H,2,5,10H2,(H,21,24). The van der Waals surface area contributed by atoms with Gasteiger partial charge in [-0.1, -0.05) is 28.1 Å². The first-order valence-electron chi connectivity index (χ1n) is 7.63. The van der Waals surface area contributed by atoms with E-state index in [2.05, 4.69) is 26.5 Å². The molecule has 1 heterocycles. The summed E-state index contributed by atoms with van der Waals surface area (Å²) in [6.07, 6.45) is 3.05. The molecule has 1 aliphatic rings. The molecular weight excluding hydrogens is 370 g/mol. The first kappa shape index (κ1) is 16.4. The molecule has 1 fully saturated rings. The molecule has 0 radical (unpaired) electrons. The molecule has 2 aromatic carbocycles. The summed E-state index contributed by atoms with van der Waals surface area (Å²) in [6.45, 7) is 0.737. The predicted molar refractivity (Wildman–Crippen MR) is 97.2 cm³/mol. The number of nitrogens with zero attached hydrogens (tertiary/aromatic N) is 2. The molecule has 6 heteroatoms. The third kappa shape index (κ3) is 3.89. The molecule has 0 bridgehead atoms. The molecule has 2 amide bonds. The van der Waals surface area contributed by atoms with Crippen LogP contribution in [0.1, 0.15) is 28.8 Å². The maximum absolute atomic E-state index is 12.1. The molecule has 0 aromatic heterocycles. The third-order valence-corrected chi connectivity index (χ3v) is 4.24. The van der Waals surface area contributed by atoms with Crippen molar-refractivity contribution in [2.45, 2.75) is 12.8 Å². The third-order valence-electron chi connectivity index (χ3n) is 3.74. The van der Waals surface area contributed by atoms with Crippen molar-refractivity contribution in [3.05, 3.63) is 64.1 Å². The number of hydrogen-bond acceptors (Lipinski definition) is 3. The Morgan fingerprint density at radius 3 is 2.67 bits per heavy atom. The fourth-order valence-corrected chi connectivity index (χ4v) is 2.95. The summed E-state index contributed by atoms with van der Waals surface area (Å²) in [4.78, 5) is 25.5. The number of hydrogen-bond donors (Lipinski definition) is 1. The zero-order chi connectivity index (χ0) is 16.9. The van der Waals surface area contributed by atoms with Crippen LogP contribution in [0.2, 0.25) is 0 Å². The van der Waals surface area contributed by atoms with Crippen LogP contribution in [0.25, 0.3) is 0 Å². The molecule has 2 aromatic rings. The maximum atomic E-state index is 12.1. The van der Waals surface area contributed by atoms with Crippen LogP contribution in [0.15, 0.2) is 58.1 Å². The highest BCUT2D eigenvalue weighted by Gasteiger charge is 2.21. The molecule has 0 saturated carbocycles. The average Bonchev–Trinajstić information content (AvgIpc) is 3.01. The lowest BCUT2D eigenvalue weighted by molar-refractivity contribution is -0.117. The predicted octanol–water partition coefficient (Wildman–Crippen LogP) is 3.34. The summed E-state index contributed by atoms with van der Waals surface area (Å²) in [6, 6.07) is 14.6. The number of hydrazone groups is 1. The molecule has 1 aliphatic heterocycles. The van der Waals surface area contributed by atoms with Gasteiger partial charge in [-0.3, -0.25) is 9.59 Å². The Balaban J connectivity index is 1.62. The van der Waals surface area contributed by atoms with Gasteiger partial charge < -0.3 is 4.90 Å². The van der Waals surface area contributed by atoms with Crippen LogP contribution in [0, 0.1) is 0 Å². The lowest BCUT2D eigenvalue weighted by Crippen LogP contribution is -2.24. The van der Waals surface area contributed by atoms with E-state index < -0.39 is 0 Å². The highest BCUT2D eigenvalue weighted by molar-refractivity contribution is 9.10. The molecule has 0 spiro atoms. The summed E-state index contributed by atoms with van der Waals surface area (Å²) >= 11 is 3.38. The highest BCUT2D eigenvalue weighted by atomic mass is 79.9. The van der Waals surface area contributed by atoms with Gasteiger partial charge in [0.25, 0.3) is 5.91 Å². The van der Waals surface area contributed by atoms with Gasteiger partial charge in [-0.25, -0.2) is 5.43 Å². The van der Waals surface area contributed by atoms with Crippen LogP contribution in [-0.4, -0.2) is 24.6 Å². The lowest BCUT2D eigenvalue weighted by atomic mass is 10.2. The van der Waals surface area contributed by atoms with Crippen LogP contribution in [0.3, 0.4) is 0 Å². The number of benzene rings is 2. The van der Waals surface area contributed by atoms with Crippen LogP contribution in [0.4, 0.5) is 5.69 Å². The minimum Gasteiger partial charge on any atom is -0.312 e. The number of rotatable bonds is 4. The normalized spacial score (nSPS) is 14.4. The van der Waals surface area contributed by atoms with E-state index in [-0.39, 0.29) is 11.8 Å². The topological polar surface area (TPSA) is 61.8 Å². The molecule has 3 rings (SSSR count). The maximum Gasteiger partial charge on any atom is 0.271 e. The Bertz CT molecular complexity index is 787. The van der Waals surface area contributed by atoms with E-state index in [1.165, 1.54) is 0 Å². The van der Waals surface area contributed by atoms with Crippen LogP contribution < -0.4 is 10.3 Å². The van der Waals surface area contributed by atoms with Crippen molar-refractivity contribution < 1.29 is 9.59 Å². The van der Waals surface area contributed by atoms with E-state index in [1.807, 2.05) is 24.3 Å². The van der Waals surface area contributed by atoms with E-state index in [0.717, 1.165) is 28.7 Å². The van der Waals surface area contributed by atoms with Gasteiger partial charge >= 0.3 is 0 Å². The van der Waals surface area contributed by atoms with Gasteiger partial charge in [-0.15, -0.1) is 0 Å². The van der Waals surface area contributed by atoms with Crippen molar-refractivity contribution >= 4 is 39.6 Å². The Hall–Kier alpha value is -2.47. The Morgan fingerprint density at radius 1 is 1.21 bits per heavy atom. The average molecular weight is 386 g/mol. The number of carbonyl (C=O) groups is 2. The molecule has 24 heavy (non-hydrogen) atoms. The molecule has 122 valence electrons. The summed E-state index contributed by atoms with van der Waals surface area (Å²) < 4.78 is 0.949. The number of carbonyl (C=O) groups excluding carboxylic acids is 2. The fraction of sp³-hybridized carbons (Fsp3) is 0.167. The largest absolute Gasteiger partial charge is 0.312 e. The van der Waals surface area contributed by atoms with Crippen molar-refractivity contribution in [1.29, 1.82) is 0 Å². The minimum absolute atomic E-state index is 0.130. The molecule has 1 saturated heterocycles. The number of nitrogens with one attached hydrogen (secondary N) is 1. The summed E-state index contributed by atoms with van der Waals surface area (Å²) in [5.41, 5.74) is 4.70. The molecular formula is C18H16BrN3O2. The van der Waals surface area contributed by atoms with Crippen LogP contribution in [-0.2, 0) is 4.79 Å².